The van der Waals surface area contributed by atoms with Crippen LogP contribution >= 0.6 is 23.2 Å². The molecular weight excluding hydrogens is 335 g/mol. The average Bonchev–Trinajstić information content (AvgIpc) is 2.53. The van der Waals surface area contributed by atoms with E-state index in [1.807, 2.05) is 43.3 Å². The van der Waals surface area contributed by atoms with E-state index in [0.29, 0.717) is 22.3 Å². The highest BCUT2D eigenvalue weighted by Gasteiger charge is 2.09. The fraction of sp³-hybridized carbons (Fsp3) is 0.235. The second kappa shape index (κ2) is 8.09. The Morgan fingerprint density at radius 1 is 1.09 bits per heavy atom. The summed E-state index contributed by atoms with van der Waals surface area (Å²) < 4.78 is 5.39. The van der Waals surface area contributed by atoms with Gasteiger partial charge in [-0.25, -0.2) is 0 Å². The Hall–Kier alpha value is -1.91. The zero-order chi connectivity index (χ0) is 16.8. The maximum atomic E-state index is 11.9. The summed E-state index contributed by atoms with van der Waals surface area (Å²) in [6.45, 7) is 0.297. The number of rotatable bonds is 6. The van der Waals surface area contributed by atoms with E-state index in [2.05, 4.69) is 5.32 Å². The number of nitrogens with zero attached hydrogens (tertiary/aromatic N) is 1. The molecule has 0 aromatic heterocycles. The van der Waals surface area contributed by atoms with Crippen LogP contribution in [0, 0.1) is 0 Å². The van der Waals surface area contributed by atoms with Crippen molar-refractivity contribution in [3.8, 4) is 5.75 Å². The summed E-state index contributed by atoms with van der Waals surface area (Å²) in [6, 6.07) is 13.0. The first-order chi connectivity index (χ1) is 11.0. The molecule has 0 heterocycles. The Bertz CT molecular complexity index is 653. The van der Waals surface area contributed by atoms with Gasteiger partial charge in [-0.05, 0) is 29.8 Å². The van der Waals surface area contributed by atoms with E-state index in [0.717, 1.165) is 11.3 Å². The first kappa shape index (κ1) is 17.4. The summed E-state index contributed by atoms with van der Waals surface area (Å²) >= 11 is 12.0. The van der Waals surface area contributed by atoms with Crippen LogP contribution in [0.25, 0.3) is 0 Å². The van der Waals surface area contributed by atoms with Gasteiger partial charge in [0.2, 0.25) is 0 Å². The van der Waals surface area contributed by atoms with E-state index in [1.165, 1.54) is 0 Å². The van der Waals surface area contributed by atoms with Gasteiger partial charge in [-0.2, -0.15) is 0 Å². The van der Waals surface area contributed by atoms with Gasteiger partial charge in [0.1, 0.15) is 0 Å². The van der Waals surface area contributed by atoms with Crippen LogP contribution in [0.3, 0.4) is 0 Å². The SMILES string of the molecule is CN(C)c1ccc(CNC(=O)COc2c(Cl)cccc2Cl)cc1. The molecule has 0 aliphatic rings. The molecular formula is C17H18Cl2N2O2. The molecule has 2 aromatic carbocycles. The number of benzene rings is 2. The Balaban J connectivity index is 1.83. The smallest absolute Gasteiger partial charge is 0.258 e. The van der Waals surface area contributed by atoms with Crippen LogP contribution in [-0.2, 0) is 11.3 Å². The molecule has 0 spiro atoms. The van der Waals surface area contributed by atoms with Crippen LogP contribution in [0.15, 0.2) is 42.5 Å². The summed E-state index contributed by atoms with van der Waals surface area (Å²) in [7, 11) is 3.96. The molecule has 0 aliphatic carbocycles. The van der Waals surface area contributed by atoms with Crippen molar-refractivity contribution >= 4 is 34.8 Å². The van der Waals surface area contributed by atoms with E-state index in [4.69, 9.17) is 27.9 Å². The minimum Gasteiger partial charge on any atom is -0.481 e. The van der Waals surface area contributed by atoms with Crippen LogP contribution in [0.1, 0.15) is 5.56 Å². The molecule has 4 nitrogen and oxygen atoms in total. The first-order valence-electron chi connectivity index (χ1n) is 7.07. The Morgan fingerprint density at radius 3 is 2.26 bits per heavy atom. The first-order valence-corrected chi connectivity index (χ1v) is 7.82. The summed E-state index contributed by atoms with van der Waals surface area (Å²) in [5.41, 5.74) is 2.12. The highest BCUT2D eigenvalue weighted by molar-refractivity contribution is 6.37. The molecule has 0 bridgehead atoms. The van der Waals surface area contributed by atoms with Gasteiger partial charge in [-0.15, -0.1) is 0 Å². The number of ether oxygens (including phenoxy) is 1. The number of carbonyl (C=O) groups is 1. The minimum atomic E-state index is -0.238. The molecule has 0 radical (unpaired) electrons. The fourth-order valence-corrected chi connectivity index (χ4v) is 2.43. The lowest BCUT2D eigenvalue weighted by Gasteiger charge is -2.13. The lowest BCUT2D eigenvalue weighted by molar-refractivity contribution is -0.123. The molecule has 122 valence electrons. The second-order valence-electron chi connectivity index (χ2n) is 5.18. The molecule has 23 heavy (non-hydrogen) atoms. The van der Waals surface area contributed by atoms with Gasteiger partial charge in [0, 0.05) is 26.3 Å². The quantitative estimate of drug-likeness (QED) is 0.860. The third-order valence-electron chi connectivity index (χ3n) is 3.21. The Kier molecular flexibility index (Phi) is 6.13. The van der Waals surface area contributed by atoms with Crippen molar-refractivity contribution in [2.75, 3.05) is 25.6 Å². The largest absolute Gasteiger partial charge is 0.481 e. The van der Waals surface area contributed by atoms with Gasteiger partial charge in [0.15, 0.2) is 12.4 Å². The van der Waals surface area contributed by atoms with Crippen molar-refractivity contribution < 1.29 is 9.53 Å². The zero-order valence-electron chi connectivity index (χ0n) is 13.0. The van der Waals surface area contributed by atoms with E-state index in [-0.39, 0.29) is 12.5 Å². The third-order valence-corrected chi connectivity index (χ3v) is 3.80. The molecule has 0 saturated heterocycles. The van der Waals surface area contributed by atoms with Crippen LogP contribution in [0.2, 0.25) is 10.0 Å². The summed E-state index contributed by atoms with van der Waals surface area (Å²) in [5.74, 6) is 0.0824. The molecule has 2 aromatic rings. The highest BCUT2D eigenvalue weighted by atomic mass is 35.5. The van der Waals surface area contributed by atoms with Gasteiger partial charge >= 0.3 is 0 Å². The van der Waals surface area contributed by atoms with Crippen LogP contribution < -0.4 is 15.0 Å². The molecule has 0 saturated carbocycles. The van der Waals surface area contributed by atoms with E-state index in [9.17, 15) is 4.79 Å². The van der Waals surface area contributed by atoms with Crippen molar-refractivity contribution in [1.82, 2.24) is 5.32 Å². The van der Waals surface area contributed by atoms with E-state index in [1.54, 1.807) is 18.2 Å². The number of anilines is 1. The molecule has 6 heteroatoms. The maximum Gasteiger partial charge on any atom is 0.258 e. The van der Waals surface area contributed by atoms with Crippen molar-refractivity contribution in [3.05, 3.63) is 58.1 Å². The van der Waals surface area contributed by atoms with Crippen LogP contribution in [-0.4, -0.2) is 26.6 Å². The molecule has 0 fully saturated rings. The second-order valence-corrected chi connectivity index (χ2v) is 5.99. The van der Waals surface area contributed by atoms with Gasteiger partial charge in [-0.1, -0.05) is 41.4 Å². The van der Waals surface area contributed by atoms with E-state index < -0.39 is 0 Å². The van der Waals surface area contributed by atoms with Gasteiger partial charge in [0.25, 0.3) is 5.91 Å². The van der Waals surface area contributed by atoms with Gasteiger partial charge < -0.3 is 15.0 Å². The minimum absolute atomic E-state index is 0.140. The topological polar surface area (TPSA) is 41.6 Å². The number of hydrogen-bond donors (Lipinski definition) is 1. The Morgan fingerprint density at radius 2 is 1.70 bits per heavy atom. The highest BCUT2D eigenvalue weighted by Crippen LogP contribution is 2.32. The number of halogens is 2. The predicted octanol–water partition coefficient (Wildman–Crippen LogP) is 3.75. The van der Waals surface area contributed by atoms with Crippen molar-refractivity contribution in [2.24, 2.45) is 0 Å². The number of amides is 1. The zero-order valence-corrected chi connectivity index (χ0v) is 14.5. The van der Waals surface area contributed by atoms with Gasteiger partial charge in [-0.3, -0.25) is 4.79 Å². The summed E-state index contributed by atoms with van der Waals surface area (Å²) in [6.07, 6.45) is 0. The average molecular weight is 353 g/mol. The predicted molar refractivity (Wildman–Crippen MR) is 94.6 cm³/mol. The molecule has 0 atom stereocenters. The Labute approximate surface area is 146 Å². The normalized spacial score (nSPS) is 10.3. The maximum absolute atomic E-state index is 11.9. The van der Waals surface area contributed by atoms with Crippen molar-refractivity contribution in [1.29, 1.82) is 0 Å². The number of hydrogen-bond acceptors (Lipinski definition) is 3. The number of para-hydroxylation sites is 1. The van der Waals surface area contributed by atoms with Crippen molar-refractivity contribution in [2.45, 2.75) is 6.54 Å². The third kappa shape index (κ3) is 5.05. The van der Waals surface area contributed by atoms with E-state index >= 15 is 0 Å². The standard InChI is InChI=1S/C17H18Cl2N2O2/c1-21(2)13-8-6-12(7-9-13)10-20-16(22)11-23-17-14(18)4-3-5-15(17)19/h3-9H,10-11H2,1-2H3,(H,20,22). The number of carbonyl (C=O) groups excluding carboxylic acids is 1. The molecule has 0 aliphatic heterocycles. The van der Waals surface area contributed by atoms with Crippen LogP contribution in [0.4, 0.5) is 5.69 Å². The summed E-state index contributed by atoms with van der Waals surface area (Å²) in [5, 5.41) is 3.55. The molecule has 2 rings (SSSR count). The molecule has 0 unspecified atom stereocenters. The monoisotopic (exact) mass is 352 g/mol. The number of nitrogens with one attached hydrogen (secondary N) is 1. The molecule has 1 amide bonds. The lowest BCUT2D eigenvalue weighted by Crippen LogP contribution is -2.28. The summed E-state index contributed by atoms with van der Waals surface area (Å²) in [4.78, 5) is 13.9. The van der Waals surface area contributed by atoms with Gasteiger partial charge in [0.05, 0.1) is 10.0 Å². The molecule has 1 N–H and O–H groups in total. The lowest BCUT2D eigenvalue weighted by atomic mass is 10.2. The van der Waals surface area contributed by atoms with Crippen molar-refractivity contribution in [3.63, 3.8) is 0 Å². The fourth-order valence-electron chi connectivity index (χ4n) is 1.92. The van der Waals surface area contributed by atoms with Crippen LogP contribution in [0.5, 0.6) is 5.75 Å².